The number of nitriles is 1. The molecule has 0 aliphatic carbocycles. The highest BCUT2D eigenvalue weighted by Gasteiger charge is 2.37. The molecule has 0 bridgehead atoms. The maximum Gasteiger partial charge on any atom is 0.293 e. The minimum absolute atomic E-state index is 0.152. The zero-order chi connectivity index (χ0) is 32.1. The van der Waals surface area contributed by atoms with Crippen LogP contribution in [0.4, 0.5) is 4.79 Å². The van der Waals surface area contributed by atoms with Gasteiger partial charge < -0.3 is 19.2 Å². The second-order valence-corrected chi connectivity index (χ2v) is 13.1. The van der Waals surface area contributed by atoms with E-state index < -0.39 is 0 Å². The first-order chi connectivity index (χ1) is 21.6. The molecular formula is C30H34N8O5S2. The predicted octanol–water partition coefficient (Wildman–Crippen LogP) is 3.69. The van der Waals surface area contributed by atoms with Crippen LogP contribution in [-0.2, 0) is 20.9 Å². The quantitative estimate of drug-likeness (QED) is 0.100. The number of imidazole rings is 1. The Labute approximate surface area is 268 Å². The first-order valence-corrected chi connectivity index (χ1v) is 16.2. The minimum atomic E-state index is -0.332. The van der Waals surface area contributed by atoms with Gasteiger partial charge in [0.2, 0.25) is 11.8 Å². The molecule has 15 heteroatoms. The number of imide groups is 1. The third kappa shape index (κ3) is 7.95. The fourth-order valence-electron chi connectivity index (χ4n) is 4.72. The van der Waals surface area contributed by atoms with Crippen LogP contribution in [0.15, 0.2) is 56.0 Å². The molecule has 0 unspecified atom stereocenters. The molecule has 4 amide bonds. The summed E-state index contributed by atoms with van der Waals surface area (Å²) in [6.07, 6.45) is 2.96. The molecule has 2 aromatic heterocycles. The molecule has 5 rings (SSSR count). The number of furan rings is 1. The molecule has 1 aromatic carbocycles. The van der Waals surface area contributed by atoms with Gasteiger partial charge in [-0.2, -0.15) is 5.26 Å². The van der Waals surface area contributed by atoms with Crippen LogP contribution in [0.2, 0.25) is 0 Å². The van der Waals surface area contributed by atoms with Crippen LogP contribution in [0, 0.1) is 11.3 Å². The molecule has 3 aromatic rings. The summed E-state index contributed by atoms with van der Waals surface area (Å²) in [5, 5.41) is 13.0. The van der Waals surface area contributed by atoms with E-state index in [-0.39, 0.29) is 54.2 Å². The van der Waals surface area contributed by atoms with Crippen LogP contribution in [0.3, 0.4) is 0 Å². The van der Waals surface area contributed by atoms with Crippen LogP contribution in [0.5, 0.6) is 0 Å². The van der Waals surface area contributed by atoms with Crippen molar-refractivity contribution in [3.8, 4) is 6.07 Å². The summed E-state index contributed by atoms with van der Waals surface area (Å²) in [6, 6.07) is 13.0. The molecular weight excluding hydrogens is 617 g/mol. The number of amides is 4. The number of aromatic nitrogens is 2. The lowest BCUT2D eigenvalue weighted by atomic mass is 10.1. The Kier molecular flexibility index (Phi) is 9.98. The van der Waals surface area contributed by atoms with Gasteiger partial charge in [-0.05, 0) is 81.4 Å². The van der Waals surface area contributed by atoms with Crippen LogP contribution in [0.1, 0.15) is 45.8 Å². The summed E-state index contributed by atoms with van der Waals surface area (Å²) in [5.74, 6) is -0.447. The first kappa shape index (κ1) is 32.3. The number of hydrazine groups is 1. The highest BCUT2D eigenvalue weighted by molar-refractivity contribution is 8.18. The van der Waals surface area contributed by atoms with E-state index in [9.17, 15) is 19.2 Å². The van der Waals surface area contributed by atoms with E-state index in [1.54, 1.807) is 32.1 Å². The molecule has 0 radical (unpaired) electrons. The Morgan fingerprint density at radius 2 is 2.02 bits per heavy atom. The van der Waals surface area contributed by atoms with Gasteiger partial charge in [-0.3, -0.25) is 24.1 Å². The van der Waals surface area contributed by atoms with Crippen LogP contribution in [-0.4, -0.2) is 73.7 Å². The van der Waals surface area contributed by atoms with Gasteiger partial charge in [0.05, 0.1) is 27.7 Å². The Balaban J connectivity index is 1.18. The van der Waals surface area contributed by atoms with Gasteiger partial charge in [0, 0.05) is 31.6 Å². The van der Waals surface area contributed by atoms with Gasteiger partial charge >= 0.3 is 0 Å². The van der Waals surface area contributed by atoms with Gasteiger partial charge in [0.15, 0.2) is 10.2 Å². The lowest BCUT2D eigenvalue weighted by Crippen LogP contribution is -2.41. The van der Waals surface area contributed by atoms with E-state index in [1.807, 2.05) is 41.8 Å². The third-order valence-corrected chi connectivity index (χ3v) is 9.05. The van der Waals surface area contributed by atoms with E-state index in [2.05, 4.69) is 16.2 Å². The molecule has 0 spiro atoms. The number of fused-ring (bicyclic) bond motifs is 1. The van der Waals surface area contributed by atoms with Crippen molar-refractivity contribution >= 4 is 63.6 Å². The maximum atomic E-state index is 12.6. The number of aryl methyl sites for hydroxylation is 1. The van der Waals surface area contributed by atoms with Gasteiger partial charge in [0.1, 0.15) is 18.8 Å². The number of rotatable bonds is 14. The second-order valence-electron chi connectivity index (χ2n) is 11.1. The minimum Gasteiger partial charge on any atom is -0.450 e. The largest absolute Gasteiger partial charge is 0.450 e. The highest BCUT2D eigenvalue weighted by atomic mass is 32.2. The first-order valence-electron chi connectivity index (χ1n) is 14.5. The lowest BCUT2D eigenvalue weighted by molar-refractivity contribution is -0.135. The highest BCUT2D eigenvalue weighted by Crippen LogP contribution is 2.36. The van der Waals surface area contributed by atoms with Crippen molar-refractivity contribution in [1.82, 2.24) is 35.5 Å². The van der Waals surface area contributed by atoms with Gasteiger partial charge in [0.25, 0.3) is 11.1 Å². The number of para-hydroxylation sites is 2. The van der Waals surface area contributed by atoms with E-state index in [4.69, 9.17) is 14.7 Å². The molecule has 3 N–H and O–H groups in total. The molecule has 45 heavy (non-hydrogen) atoms. The number of nitrogens with one attached hydrogen (secondary N) is 3. The lowest BCUT2D eigenvalue weighted by Gasteiger charge is -2.19. The second kappa shape index (κ2) is 13.9. The summed E-state index contributed by atoms with van der Waals surface area (Å²) < 4.78 is 8.02. The van der Waals surface area contributed by atoms with Crippen LogP contribution < -0.4 is 16.2 Å². The summed E-state index contributed by atoms with van der Waals surface area (Å²) >= 11 is 2.23. The van der Waals surface area contributed by atoms with Gasteiger partial charge in [-0.1, -0.05) is 12.1 Å². The third-order valence-electron chi connectivity index (χ3n) is 7.25. The predicted molar refractivity (Wildman–Crippen MR) is 169 cm³/mol. The van der Waals surface area contributed by atoms with Crippen molar-refractivity contribution in [2.75, 3.05) is 19.6 Å². The van der Waals surface area contributed by atoms with Crippen LogP contribution >= 0.6 is 23.5 Å². The van der Waals surface area contributed by atoms with Crippen molar-refractivity contribution in [3.05, 3.63) is 47.1 Å². The number of nitrogens with zero attached hydrogens (tertiary/aromatic N) is 5. The van der Waals surface area contributed by atoms with Crippen molar-refractivity contribution in [3.63, 3.8) is 0 Å². The Morgan fingerprint density at radius 3 is 2.73 bits per heavy atom. The topological polar surface area (TPSA) is 185 Å². The Bertz CT molecular complexity index is 1690. The maximum absolute atomic E-state index is 12.6. The summed E-state index contributed by atoms with van der Waals surface area (Å²) in [7, 11) is 0. The number of hydrogen-bond acceptors (Lipinski definition) is 11. The molecule has 2 aliphatic rings. The van der Waals surface area contributed by atoms with Gasteiger partial charge in [-0.15, -0.1) is 0 Å². The zero-order valence-corrected chi connectivity index (χ0v) is 26.8. The number of carbonyl (C=O) groups excluding carboxylic acids is 4. The molecule has 2 aliphatic heterocycles. The molecule has 4 heterocycles. The average molecular weight is 651 g/mol. The fraction of sp³-hybridized carbons (Fsp3) is 0.400. The summed E-state index contributed by atoms with van der Waals surface area (Å²) in [6.45, 7) is 6.11. The Hall–Kier alpha value is -4.10. The molecule has 2 fully saturated rings. The van der Waals surface area contributed by atoms with Crippen LogP contribution in [0.25, 0.3) is 17.1 Å². The molecule has 0 saturated carbocycles. The summed E-state index contributed by atoms with van der Waals surface area (Å²) in [4.78, 5) is 57.7. The molecule has 13 nitrogen and oxygen atoms in total. The van der Waals surface area contributed by atoms with E-state index in [1.165, 1.54) is 21.6 Å². The van der Waals surface area contributed by atoms with Gasteiger partial charge in [-0.25, -0.2) is 15.8 Å². The SMILES string of the molecule is CC(C)N1C(=O)S/C(=C\c2ccc(Sc3nc4ccccc4n3CCCNC(=O)CN(CC#N)C(=O)CCC3(C)NN3)o2)C1=O. The summed E-state index contributed by atoms with van der Waals surface area (Å²) in [5.41, 5.74) is 7.41. The Morgan fingerprint density at radius 1 is 1.24 bits per heavy atom. The van der Waals surface area contributed by atoms with E-state index in [0.29, 0.717) is 46.8 Å². The number of carbonyl (C=O) groups is 4. The normalized spacial score (nSPS) is 16.5. The van der Waals surface area contributed by atoms with Crippen molar-refractivity contribution in [2.45, 2.75) is 68.5 Å². The standard InChI is InChI=1S/C30H34N8O5S2/c1-19(2)38-27(41)23(44-29(38)42)17-20-9-10-26(43-20)45-28-33-21-7-4-5-8-22(21)37(28)15-6-14-32-24(39)18-36(16-13-31)25(40)11-12-30(3)34-35-30/h4-5,7-10,17,19,34-35H,6,11-12,14-16,18H2,1-3H3,(H,32,39)/b23-17-. The zero-order valence-electron chi connectivity index (χ0n) is 25.2. The van der Waals surface area contributed by atoms with E-state index >= 15 is 0 Å². The monoisotopic (exact) mass is 650 g/mol. The molecule has 0 atom stereocenters. The van der Waals surface area contributed by atoms with Crippen molar-refractivity contribution < 1.29 is 23.6 Å². The smallest absolute Gasteiger partial charge is 0.293 e. The fourth-order valence-corrected chi connectivity index (χ4v) is 6.56. The number of hydrogen-bond donors (Lipinski definition) is 3. The van der Waals surface area contributed by atoms with Crippen molar-refractivity contribution in [2.24, 2.45) is 0 Å². The molecule has 2 saturated heterocycles. The average Bonchev–Trinajstić information content (AvgIpc) is 3.28. The number of thioether (sulfide) groups is 1. The van der Waals surface area contributed by atoms with Crippen molar-refractivity contribution in [1.29, 1.82) is 5.26 Å². The number of benzene rings is 1. The van der Waals surface area contributed by atoms with E-state index in [0.717, 1.165) is 22.8 Å². The molecule has 236 valence electrons.